The molecule has 0 aliphatic rings. The van der Waals surface area contributed by atoms with Crippen molar-refractivity contribution in [1.82, 2.24) is 30.6 Å². The molecule has 0 saturated heterocycles. The zero-order valence-corrected chi connectivity index (χ0v) is 14.4. The first-order chi connectivity index (χ1) is 10.8. The molecule has 0 fully saturated rings. The van der Waals surface area contributed by atoms with Gasteiger partial charge in [-0.05, 0) is 0 Å². The zero-order valence-electron chi connectivity index (χ0n) is 14.4. The lowest BCUT2D eigenvalue weighted by Crippen LogP contribution is -2.08. The number of nitrogens with zero attached hydrogens (tertiary/aromatic N) is 7. The summed E-state index contributed by atoms with van der Waals surface area (Å²) in [6, 6.07) is 0.549. The summed E-state index contributed by atoms with van der Waals surface area (Å²) in [5.41, 5.74) is 0. The Morgan fingerprint density at radius 3 is 0.958 bits per heavy atom. The third-order valence-electron chi connectivity index (χ3n) is 2.15. The van der Waals surface area contributed by atoms with Gasteiger partial charge in [0.05, 0.1) is 0 Å². The average molecular weight is 339 g/mol. The SMILES string of the molecule is C.Cc1nnc(C)o1.Cc1nnc(C)o1.Cc1nnc(N(C)C)o1. The quantitative estimate of drug-likeness (QED) is 0.653. The number of anilines is 1. The Morgan fingerprint density at radius 2 is 0.833 bits per heavy atom. The minimum Gasteiger partial charge on any atom is -0.426 e. The van der Waals surface area contributed by atoms with E-state index in [0.717, 1.165) is 0 Å². The summed E-state index contributed by atoms with van der Waals surface area (Å²) < 4.78 is 14.8. The number of hydrogen-bond donors (Lipinski definition) is 0. The minimum atomic E-state index is 0. The lowest BCUT2D eigenvalue weighted by molar-refractivity contribution is 0.488. The summed E-state index contributed by atoms with van der Waals surface area (Å²) in [5.74, 6) is 3.09. The number of aryl methyl sites for hydroxylation is 5. The fourth-order valence-electron chi connectivity index (χ4n) is 1.26. The number of hydrogen-bond acceptors (Lipinski definition) is 10. The Balaban J connectivity index is 0.000000327. The van der Waals surface area contributed by atoms with Gasteiger partial charge in [0, 0.05) is 48.7 Å². The van der Waals surface area contributed by atoms with Crippen molar-refractivity contribution >= 4 is 6.01 Å². The third-order valence-corrected chi connectivity index (χ3v) is 2.15. The summed E-state index contributed by atoms with van der Waals surface area (Å²) in [4.78, 5) is 1.76. The van der Waals surface area contributed by atoms with Crippen molar-refractivity contribution < 1.29 is 13.3 Å². The van der Waals surface area contributed by atoms with Gasteiger partial charge in [0.2, 0.25) is 29.5 Å². The maximum atomic E-state index is 5.05. The fraction of sp³-hybridized carbons (Fsp3) is 0.571. The van der Waals surface area contributed by atoms with E-state index in [0.29, 0.717) is 35.5 Å². The molecule has 3 aromatic heterocycles. The molecule has 10 nitrogen and oxygen atoms in total. The largest absolute Gasteiger partial charge is 0.426 e. The van der Waals surface area contributed by atoms with Crippen molar-refractivity contribution in [3.63, 3.8) is 0 Å². The highest BCUT2D eigenvalue weighted by molar-refractivity contribution is 5.18. The van der Waals surface area contributed by atoms with Crippen LogP contribution >= 0.6 is 0 Å². The van der Waals surface area contributed by atoms with E-state index in [-0.39, 0.29) is 7.43 Å². The van der Waals surface area contributed by atoms with Crippen molar-refractivity contribution in [2.75, 3.05) is 19.0 Å². The molecule has 3 aromatic rings. The molecule has 24 heavy (non-hydrogen) atoms. The van der Waals surface area contributed by atoms with Crippen molar-refractivity contribution in [3.8, 4) is 0 Å². The van der Waals surface area contributed by atoms with Gasteiger partial charge < -0.3 is 18.2 Å². The monoisotopic (exact) mass is 339 g/mol. The number of rotatable bonds is 1. The summed E-state index contributed by atoms with van der Waals surface area (Å²) in [5, 5.41) is 21.8. The van der Waals surface area contributed by atoms with Crippen LogP contribution in [0.1, 0.15) is 36.9 Å². The predicted octanol–water partition coefficient (Wildman–Crippen LogP) is 2.45. The van der Waals surface area contributed by atoms with Crippen LogP contribution in [-0.4, -0.2) is 44.7 Å². The summed E-state index contributed by atoms with van der Waals surface area (Å²) in [6.45, 7) is 8.82. The topological polar surface area (TPSA) is 120 Å². The van der Waals surface area contributed by atoms with Crippen LogP contribution in [0.2, 0.25) is 0 Å². The third kappa shape index (κ3) is 8.01. The Bertz CT molecular complexity index is 631. The Hall–Kier alpha value is -2.78. The smallest absolute Gasteiger partial charge is 0.317 e. The fourth-order valence-corrected chi connectivity index (χ4v) is 1.26. The van der Waals surface area contributed by atoms with Crippen LogP contribution in [0.25, 0.3) is 0 Å². The Labute approximate surface area is 141 Å². The van der Waals surface area contributed by atoms with E-state index in [1.165, 1.54) is 0 Å². The minimum absolute atomic E-state index is 0. The van der Waals surface area contributed by atoms with Crippen molar-refractivity contribution in [3.05, 3.63) is 29.5 Å². The van der Waals surface area contributed by atoms with Crippen LogP contribution in [0.15, 0.2) is 13.3 Å². The van der Waals surface area contributed by atoms with E-state index in [4.69, 9.17) is 13.3 Å². The molecule has 0 unspecified atom stereocenters. The molecule has 0 atom stereocenters. The second-order valence-electron chi connectivity index (χ2n) is 4.68. The first-order valence-electron chi connectivity index (χ1n) is 6.78. The van der Waals surface area contributed by atoms with E-state index in [1.54, 1.807) is 39.5 Å². The maximum absolute atomic E-state index is 5.05. The molecule has 0 N–H and O–H groups in total. The first-order valence-corrected chi connectivity index (χ1v) is 6.78. The standard InChI is InChI=1S/C5H9N3O.2C4H6N2O.CH4/c1-4-6-7-5(9-4)8(2)3;2*1-3-5-6-4(2)7-3;/h1-3H3;2*1-2H3;1H4. The van der Waals surface area contributed by atoms with E-state index in [1.807, 2.05) is 14.1 Å². The first kappa shape index (κ1) is 21.2. The van der Waals surface area contributed by atoms with Crippen molar-refractivity contribution in [2.45, 2.75) is 42.0 Å². The zero-order chi connectivity index (χ0) is 17.4. The highest BCUT2D eigenvalue weighted by Gasteiger charge is 2.01. The normalized spacial score (nSPS) is 9.12. The molecule has 0 aliphatic heterocycles. The van der Waals surface area contributed by atoms with Crippen LogP contribution in [0.3, 0.4) is 0 Å². The molecule has 3 heterocycles. The molecule has 134 valence electrons. The van der Waals surface area contributed by atoms with Gasteiger partial charge in [0.25, 0.3) is 0 Å². The van der Waals surface area contributed by atoms with Gasteiger partial charge in [-0.25, -0.2) is 0 Å². The van der Waals surface area contributed by atoms with E-state index >= 15 is 0 Å². The van der Waals surface area contributed by atoms with Crippen LogP contribution in [0.5, 0.6) is 0 Å². The molecule has 0 spiro atoms. The second-order valence-corrected chi connectivity index (χ2v) is 4.68. The average Bonchev–Trinajstić information content (AvgIpc) is 3.15. The lowest BCUT2D eigenvalue weighted by Gasteiger charge is -2.01. The van der Waals surface area contributed by atoms with E-state index in [2.05, 4.69) is 30.6 Å². The van der Waals surface area contributed by atoms with Crippen molar-refractivity contribution in [1.29, 1.82) is 0 Å². The molecule has 0 aliphatic carbocycles. The molecular formula is C14H25N7O3. The highest BCUT2D eigenvalue weighted by Crippen LogP contribution is 2.05. The van der Waals surface area contributed by atoms with E-state index < -0.39 is 0 Å². The van der Waals surface area contributed by atoms with Crippen LogP contribution < -0.4 is 4.90 Å². The summed E-state index contributed by atoms with van der Waals surface area (Å²) >= 11 is 0. The summed E-state index contributed by atoms with van der Waals surface area (Å²) in [6.07, 6.45) is 0. The molecule has 0 saturated carbocycles. The van der Waals surface area contributed by atoms with Gasteiger partial charge in [-0.3, -0.25) is 0 Å². The molecule has 3 rings (SSSR count). The van der Waals surface area contributed by atoms with Gasteiger partial charge in [0.15, 0.2) is 0 Å². The van der Waals surface area contributed by atoms with Gasteiger partial charge in [-0.2, -0.15) is 0 Å². The Kier molecular flexibility index (Phi) is 8.91. The van der Waals surface area contributed by atoms with Gasteiger partial charge in [0.1, 0.15) is 0 Å². The molecule has 0 bridgehead atoms. The molecule has 0 aromatic carbocycles. The predicted molar refractivity (Wildman–Crippen MR) is 87.6 cm³/mol. The van der Waals surface area contributed by atoms with Gasteiger partial charge in [-0.1, -0.05) is 12.5 Å². The molecule has 10 heteroatoms. The highest BCUT2D eigenvalue weighted by atomic mass is 16.4. The van der Waals surface area contributed by atoms with Gasteiger partial charge in [-0.15, -0.1) is 25.5 Å². The Morgan fingerprint density at radius 1 is 0.542 bits per heavy atom. The van der Waals surface area contributed by atoms with Crippen LogP contribution in [0.4, 0.5) is 6.01 Å². The lowest BCUT2D eigenvalue weighted by atomic mass is 10.8. The van der Waals surface area contributed by atoms with Gasteiger partial charge >= 0.3 is 6.01 Å². The molecular weight excluding hydrogens is 314 g/mol. The van der Waals surface area contributed by atoms with Crippen LogP contribution in [-0.2, 0) is 0 Å². The van der Waals surface area contributed by atoms with Crippen molar-refractivity contribution in [2.24, 2.45) is 0 Å². The molecule has 0 amide bonds. The van der Waals surface area contributed by atoms with E-state index in [9.17, 15) is 0 Å². The second kappa shape index (κ2) is 10.1. The molecule has 0 radical (unpaired) electrons. The maximum Gasteiger partial charge on any atom is 0.317 e. The number of aromatic nitrogens is 6. The van der Waals surface area contributed by atoms with Crippen LogP contribution in [0, 0.1) is 34.6 Å². The summed E-state index contributed by atoms with van der Waals surface area (Å²) in [7, 11) is 3.71.